The van der Waals surface area contributed by atoms with Crippen molar-refractivity contribution in [1.82, 2.24) is 9.97 Å². The fourth-order valence-corrected chi connectivity index (χ4v) is 2.21. The first-order valence-electron chi connectivity index (χ1n) is 7.00. The molecule has 2 aromatic rings. The van der Waals surface area contributed by atoms with Crippen molar-refractivity contribution in [1.29, 1.82) is 0 Å². The van der Waals surface area contributed by atoms with Crippen molar-refractivity contribution >= 4 is 0 Å². The largest absolute Gasteiger partial charge is 0.496 e. The number of benzene rings is 1. The van der Waals surface area contributed by atoms with Crippen molar-refractivity contribution in [2.24, 2.45) is 0 Å². The van der Waals surface area contributed by atoms with Crippen LogP contribution in [0.25, 0.3) is 11.3 Å². The second-order valence-corrected chi connectivity index (χ2v) is 6.32. The maximum absolute atomic E-state index is 11.9. The number of hydrogen-bond donors (Lipinski definition) is 1. The third kappa shape index (κ3) is 2.99. The number of ether oxygens (including phenoxy) is 1. The molecule has 0 fully saturated rings. The van der Waals surface area contributed by atoms with Crippen molar-refractivity contribution in [3.05, 3.63) is 45.5 Å². The highest BCUT2D eigenvalue weighted by Gasteiger charge is 2.19. The lowest BCUT2D eigenvalue weighted by atomic mass is 9.95. The molecule has 0 aliphatic rings. The van der Waals surface area contributed by atoms with Gasteiger partial charge in [-0.2, -0.15) is 0 Å². The second kappa shape index (κ2) is 5.35. The molecule has 1 heterocycles. The Morgan fingerprint density at radius 2 is 1.86 bits per heavy atom. The molecule has 0 saturated carbocycles. The summed E-state index contributed by atoms with van der Waals surface area (Å²) < 4.78 is 5.52. The van der Waals surface area contributed by atoms with E-state index >= 15 is 0 Å². The summed E-state index contributed by atoms with van der Waals surface area (Å²) in [5, 5.41) is 0. The van der Waals surface area contributed by atoms with Gasteiger partial charge >= 0.3 is 0 Å². The quantitative estimate of drug-likeness (QED) is 0.921. The first kappa shape index (κ1) is 15.3. The zero-order chi connectivity index (χ0) is 15.8. The van der Waals surface area contributed by atoms with Crippen molar-refractivity contribution in [2.75, 3.05) is 7.11 Å². The predicted molar refractivity (Wildman–Crippen MR) is 85.0 cm³/mol. The van der Waals surface area contributed by atoms with Crippen LogP contribution >= 0.6 is 0 Å². The highest BCUT2D eigenvalue weighted by atomic mass is 16.5. The van der Waals surface area contributed by atoms with Crippen molar-refractivity contribution < 1.29 is 4.74 Å². The molecule has 0 aliphatic heterocycles. The number of methoxy groups -OCH3 is 1. The van der Waals surface area contributed by atoms with E-state index in [1.165, 1.54) is 6.07 Å². The van der Waals surface area contributed by atoms with Crippen molar-refractivity contribution in [2.45, 2.75) is 40.0 Å². The number of nitrogens with zero attached hydrogens (tertiary/aromatic N) is 1. The van der Waals surface area contributed by atoms with Crippen LogP contribution in [-0.2, 0) is 5.41 Å². The molecule has 1 aromatic heterocycles. The van der Waals surface area contributed by atoms with Gasteiger partial charge in [-0.05, 0) is 31.0 Å². The zero-order valence-corrected chi connectivity index (χ0v) is 13.5. The molecule has 0 amide bonds. The van der Waals surface area contributed by atoms with Crippen LogP contribution in [0.3, 0.4) is 0 Å². The number of aromatic amines is 1. The van der Waals surface area contributed by atoms with Crippen LogP contribution in [0.2, 0.25) is 0 Å². The molecular formula is C17H22N2O2. The van der Waals surface area contributed by atoms with Crippen LogP contribution in [0.15, 0.2) is 23.0 Å². The van der Waals surface area contributed by atoms with E-state index in [1.54, 1.807) is 7.11 Å². The Bertz CT molecular complexity index is 725. The van der Waals surface area contributed by atoms with Crippen LogP contribution < -0.4 is 10.3 Å². The van der Waals surface area contributed by atoms with Gasteiger partial charge in [-0.25, -0.2) is 4.98 Å². The van der Waals surface area contributed by atoms with Crippen LogP contribution in [0, 0.1) is 13.8 Å². The topological polar surface area (TPSA) is 55.0 Å². The monoisotopic (exact) mass is 286 g/mol. The van der Waals surface area contributed by atoms with Crippen molar-refractivity contribution in [3.8, 4) is 17.0 Å². The maximum atomic E-state index is 11.9. The molecule has 112 valence electrons. The molecule has 0 unspecified atom stereocenters. The lowest BCUT2D eigenvalue weighted by Gasteiger charge is -2.19. The van der Waals surface area contributed by atoms with Crippen molar-refractivity contribution in [3.63, 3.8) is 0 Å². The standard InChI is InChI=1S/C17H22N2O2/c1-10-7-8-12(15(21-6)11(10)2)13-9-14(20)19-16(18-13)17(3,4)5/h7-9H,1-6H3,(H,18,19,20). The Hall–Kier alpha value is -2.10. The van der Waals surface area contributed by atoms with Gasteiger partial charge in [0.2, 0.25) is 0 Å². The lowest BCUT2D eigenvalue weighted by Crippen LogP contribution is -2.22. The van der Waals surface area contributed by atoms with E-state index < -0.39 is 0 Å². The first-order chi connectivity index (χ1) is 9.74. The van der Waals surface area contributed by atoms with E-state index in [0.29, 0.717) is 11.5 Å². The summed E-state index contributed by atoms with van der Waals surface area (Å²) in [5.41, 5.74) is 3.33. The van der Waals surface area contributed by atoms with Gasteiger partial charge < -0.3 is 9.72 Å². The highest BCUT2D eigenvalue weighted by molar-refractivity contribution is 5.70. The second-order valence-electron chi connectivity index (χ2n) is 6.32. The fraction of sp³-hybridized carbons (Fsp3) is 0.412. The summed E-state index contributed by atoms with van der Waals surface area (Å²) in [7, 11) is 1.64. The van der Waals surface area contributed by atoms with Gasteiger partial charge in [-0.1, -0.05) is 26.8 Å². The third-order valence-electron chi connectivity index (χ3n) is 3.61. The first-order valence-corrected chi connectivity index (χ1v) is 7.00. The van der Waals surface area contributed by atoms with Gasteiger partial charge in [-0.3, -0.25) is 4.79 Å². The molecule has 4 heteroatoms. The molecule has 0 bridgehead atoms. The average molecular weight is 286 g/mol. The lowest BCUT2D eigenvalue weighted by molar-refractivity contribution is 0.412. The number of aryl methyl sites for hydroxylation is 1. The fourth-order valence-electron chi connectivity index (χ4n) is 2.21. The van der Waals surface area contributed by atoms with Gasteiger partial charge in [0.25, 0.3) is 5.56 Å². The van der Waals surface area contributed by atoms with Gasteiger partial charge in [-0.15, -0.1) is 0 Å². The SMILES string of the molecule is COc1c(-c2cc(=O)[nH]c(C(C)(C)C)n2)ccc(C)c1C. The molecule has 4 nitrogen and oxygen atoms in total. The van der Waals surface area contributed by atoms with E-state index in [4.69, 9.17) is 4.74 Å². The number of nitrogens with one attached hydrogen (secondary N) is 1. The Labute approximate surface area is 125 Å². The Balaban J connectivity index is 2.71. The molecule has 1 N–H and O–H groups in total. The van der Waals surface area contributed by atoms with E-state index in [-0.39, 0.29) is 11.0 Å². The summed E-state index contributed by atoms with van der Waals surface area (Å²) in [5.74, 6) is 1.44. The maximum Gasteiger partial charge on any atom is 0.251 e. The number of rotatable bonds is 2. The number of hydrogen-bond acceptors (Lipinski definition) is 3. The van der Waals surface area contributed by atoms with E-state index in [1.807, 2.05) is 46.8 Å². The van der Waals surface area contributed by atoms with Gasteiger partial charge in [0.15, 0.2) is 0 Å². The summed E-state index contributed by atoms with van der Waals surface area (Å²) in [4.78, 5) is 19.4. The van der Waals surface area contributed by atoms with Crippen LogP contribution in [0.5, 0.6) is 5.75 Å². The van der Waals surface area contributed by atoms with Crippen LogP contribution in [-0.4, -0.2) is 17.1 Å². The predicted octanol–water partition coefficient (Wildman–Crippen LogP) is 3.36. The number of H-pyrrole nitrogens is 1. The minimum atomic E-state index is -0.220. The summed E-state index contributed by atoms with van der Waals surface area (Å²) in [6.45, 7) is 10.1. The van der Waals surface area contributed by atoms with Crippen LogP contribution in [0.4, 0.5) is 0 Å². The smallest absolute Gasteiger partial charge is 0.251 e. The minimum absolute atomic E-state index is 0.148. The molecule has 1 aromatic carbocycles. The summed E-state index contributed by atoms with van der Waals surface area (Å²) in [6.07, 6.45) is 0. The Morgan fingerprint density at radius 3 is 2.43 bits per heavy atom. The molecule has 21 heavy (non-hydrogen) atoms. The molecule has 0 spiro atoms. The molecule has 0 radical (unpaired) electrons. The van der Waals surface area contributed by atoms with Gasteiger partial charge in [0, 0.05) is 17.0 Å². The summed E-state index contributed by atoms with van der Waals surface area (Å²) in [6, 6.07) is 5.49. The molecule has 2 rings (SSSR count). The van der Waals surface area contributed by atoms with E-state index in [0.717, 1.165) is 22.4 Å². The molecular weight excluding hydrogens is 264 g/mol. The number of aromatic nitrogens is 2. The van der Waals surface area contributed by atoms with Crippen LogP contribution in [0.1, 0.15) is 37.7 Å². The zero-order valence-electron chi connectivity index (χ0n) is 13.5. The average Bonchev–Trinajstić information content (AvgIpc) is 2.40. The summed E-state index contributed by atoms with van der Waals surface area (Å²) >= 11 is 0. The Kier molecular flexibility index (Phi) is 3.90. The normalized spacial score (nSPS) is 11.5. The van der Waals surface area contributed by atoms with E-state index in [9.17, 15) is 4.79 Å². The molecule has 0 aliphatic carbocycles. The van der Waals surface area contributed by atoms with Gasteiger partial charge in [0.1, 0.15) is 11.6 Å². The molecule has 0 saturated heterocycles. The van der Waals surface area contributed by atoms with Gasteiger partial charge in [0.05, 0.1) is 12.8 Å². The van der Waals surface area contributed by atoms with E-state index in [2.05, 4.69) is 9.97 Å². The Morgan fingerprint density at radius 1 is 1.19 bits per heavy atom. The highest BCUT2D eigenvalue weighted by Crippen LogP contribution is 2.33. The third-order valence-corrected chi connectivity index (χ3v) is 3.61. The molecule has 0 atom stereocenters. The minimum Gasteiger partial charge on any atom is -0.496 e.